The van der Waals surface area contributed by atoms with Gasteiger partial charge in [-0.25, -0.2) is 8.42 Å². The normalized spacial score (nSPS) is 16.9. The highest BCUT2D eigenvalue weighted by Gasteiger charge is 2.36. The van der Waals surface area contributed by atoms with Crippen LogP contribution in [0.25, 0.3) is 17.0 Å². The van der Waals surface area contributed by atoms with Gasteiger partial charge in [0.05, 0.1) is 5.75 Å². The van der Waals surface area contributed by atoms with Gasteiger partial charge in [0.15, 0.2) is 11.5 Å². The molecule has 4 rings (SSSR count). The highest BCUT2D eigenvalue weighted by molar-refractivity contribution is 7.90. The molecule has 3 heterocycles. The Morgan fingerprint density at radius 1 is 1.11 bits per heavy atom. The molecule has 148 valence electrons. The van der Waals surface area contributed by atoms with Crippen molar-refractivity contribution in [3.05, 3.63) is 42.5 Å². The van der Waals surface area contributed by atoms with Gasteiger partial charge in [0.1, 0.15) is 15.7 Å². The highest BCUT2D eigenvalue weighted by atomic mass is 32.2. The van der Waals surface area contributed by atoms with Gasteiger partial charge in [0.25, 0.3) is 0 Å². The zero-order valence-electron chi connectivity index (χ0n) is 15.7. The van der Waals surface area contributed by atoms with Gasteiger partial charge >= 0.3 is 0 Å². The number of nitrogens with one attached hydrogen (secondary N) is 1. The van der Waals surface area contributed by atoms with Crippen LogP contribution in [-0.4, -0.2) is 60.0 Å². The van der Waals surface area contributed by atoms with Crippen LogP contribution < -0.4 is 5.32 Å². The molecule has 9 heteroatoms. The Hall–Kier alpha value is -2.52. The van der Waals surface area contributed by atoms with Crippen LogP contribution in [0.15, 0.2) is 42.5 Å². The lowest BCUT2D eigenvalue weighted by molar-refractivity contribution is 0.0315. The summed E-state index contributed by atoms with van der Waals surface area (Å²) in [5.41, 5.74) is 1.23. The molecule has 1 N–H and O–H groups in total. The molecule has 0 radical (unpaired) electrons. The van der Waals surface area contributed by atoms with Crippen molar-refractivity contribution >= 4 is 21.3 Å². The quantitative estimate of drug-likeness (QED) is 0.675. The molecule has 1 saturated heterocycles. The van der Waals surface area contributed by atoms with Crippen LogP contribution in [-0.2, 0) is 14.6 Å². The lowest BCUT2D eigenvalue weighted by Gasteiger charge is -2.36. The van der Waals surface area contributed by atoms with E-state index >= 15 is 0 Å². The van der Waals surface area contributed by atoms with E-state index in [1.807, 2.05) is 42.5 Å². The minimum atomic E-state index is -3.10. The molecule has 8 nitrogen and oxygen atoms in total. The van der Waals surface area contributed by atoms with Gasteiger partial charge in [-0.15, -0.1) is 15.3 Å². The third kappa shape index (κ3) is 4.15. The average Bonchev–Trinajstić information content (AvgIpc) is 3.10. The maximum Gasteiger partial charge on any atom is 0.185 e. The van der Waals surface area contributed by atoms with Crippen molar-refractivity contribution in [2.45, 2.75) is 12.8 Å². The number of nitrogens with zero attached hydrogens (tertiary/aromatic N) is 4. The third-order valence-electron chi connectivity index (χ3n) is 5.06. The molecule has 0 spiro atoms. The van der Waals surface area contributed by atoms with Gasteiger partial charge in [0.2, 0.25) is 0 Å². The van der Waals surface area contributed by atoms with Crippen molar-refractivity contribution in [2.24, 2.45) is 5.41 Å². The summed E-state index contributed by atoms with van der Waals surface area (Å²) < 4.78 is 31.0. The minimum absolute atomic E-state index is 0.139. The Bertz CT molecular complexity index is 1060. The summed E-state index contributed by atoms with van der Waals surface area (Å²) in [6.45, 7) is 1.67. The Morgan fingerprint density at radius 2 is 1.86 bits per heavy atom. The number of aromatic nitrogens is 4. The summed E-state index contributed by atoms with van der Waals surface area (Å²) in [6.07, 6.45) is 2.70. The number of hydrogen-bond acceptors (Lipinski definition) is 7. The van der Waals surface area contributed by atoms with E-state index in [1.54, 1.807) is 4.52 Å². The molecule has 2 aromatic heterocycles. The van der Waals surface area contributed by atoms with Crippen molar-refractivity contribution in [1.29, 1.82) is 0 Å². The second-order valence-electron chi connectivity index (χ2n) is 7.41. The Labute approximate surface area is 163 Å². The van der Waals surface area contributed by atoms with Crippen LogP contribution in [0.5, 0.6) is 0 Å². The van der Waals surface area contributed by atoms with Crippen molar-refractivity contribution in [1.82, 2.24) is 19.8 Å². The van der Waals surface area contributed by atoms with Crippen LogP contribution in [0.2, 0.25) is 0 Å². The van der Waals surface area contributed by atoms with Crippen molar-refractivity contribution in [2.75, 3.05) is 37.1 Å². The second-order valence-corrected chi connectivity index (χ2v) is 9.55. The van der Waals surface area contributed by atoms with Crippen LogP contribution in [0.4, 0.5) is 5.82 Å². The summed E-state index contributed by atoms with van der Waals surface area (Å²) >= 11 is 0. The summed E-state index contributed by atoms with van der Waals surface area (Å²) in [4.78, 5) is 0. The van der Waals surface area contributed by atoms with E-state index in [0.29, 0.717) is 49.9 Å². The van der Waals surface area contributed by atoms with E-state index in [1.165, 1.54) is 6.26 Å². The fourth-order valence-corrected chi connectivity index (χ4v) is 5.16. The molecule has 0 saturated carbocycles. The Balaban J connectivity index is 1.59. The van der Waals surface area contributed by atoms with Crippen molar-refractivity contribution in [3.63, 3.8) is 0 Å². The highest BCUT2D eigenvalue weighted by Crippen LogP contribution is 2.32. The third-order valence-corrected chi connectivity index (χ3v) is 6.20. The van der Waals surface area contributed by atoms with E-state index in [2.05, 4.69) is 20.6 Å². The SMILES string of the molecule is CS(=O)(=O)CC1(CNc2ccc3nnc(-c4ccccc4)n3n2)CCOCC1. The van der Waals surface area contributed by atoms with Gasteiger partial charge < -0.3 is 10.1 Å². The predicted molar refractivity (Wildman–Crippen MR) is 107 cm³/mol. The summed E-state index contributed by atoms with van der Waals surface area (Å²) in [7, 11) is -3.10. The molecule has 0 unspecified atom stereocenters. The van der Waals surface area contributed by atoms with Gasteiger partial charge in [0, 0.05) is 37.0 Å². The molecule has 1 aromatic carbocycles. The Kier molecular flexibility index (Phi) is 5.03. The standard InChI is InChI=1S/C19H23N5O3S/c1-28(25,26)14-19(9-11-27-12-10-19)13-20-16-7-8-17-21-22-18(24(17)23-16)15-5-3-2-4-6-15/h2-8H,9-14H2,1H3,(H,20,23). The fraction of sp³-hybridized carbons (Fsp3) is 0.421. The number of rotatable bonds is 6. The van der Waals surface area contributed by atoms with Crippen LogP contribution in [0.3, 0.4) is 0 Å². The average molecular weight is 401 g/mol. The molecule has 1 aliphatic rings. The molecule has 0 bridgehead atoms. The van der Waals surface area contributed by atoms with Crippen LogP contribution in [0.1, 0.15) is 12.8 Å². The van der Waals surface area contributed by atoms with Gasteiger partial charge in [-0.3, -0.25) is 0 Å². The molecule has 0 atom stereocenters. The predicted octanol–water partition coefficient (Wildman–Crippen LogP) is 2.04. The summed E-state index contributed by atoms with van der Waals surface area (Å²) in [6, 6.07) is 13.4. The summed E-state index contributed by atoms with van der Waals surface area (Å²) in [5.74, 6) is 1.46. The molecule has 1 aliphatic heterocycles. The lowest BCUT2D eigenvalue weighted by atomic mass is 9.82. The maximum absolute atomic E-state index is 12.0. The Morgan fingerprint density at radius 3 is 2.57 bits per heavy atom. The minimum Gasteiger partial charge on any atom is -0.381 e. The smallest absolute Gasteiger partial charge is 0.185 e. The van der Waals surface area contributed by atoms with E-state index < -0.39 is 9.84 Å². The first-order valence-corrected chi connectivity index (χ1v) is 11.3. The maximum atomic E-state index is 12.0. The first-order valence-electron chi connectivity index (χ1n) is 9.21. The zero-order valence-corrected chi connectivity index (χ0v) is 16.5. The van der Waals surface area contributed by atoms with Crippen molar-refractivity contribution < 1.29 is 13.2 Å². The monoisotopic (exact) mass is 401 g/mol. The van der Waals surface area contributed by atoms with Gasteiger partial charge in [-0.05, 0) is 25.0 Å². The number of hydrogen-bond donors (Lipinski definition) is 1. The number of sulfone groups is 1. The fourth-order valence-electron chi connectivity index (χ4n) is 3.66. The lowest BCUT2D eigenvalue weighted by Crippen LogP contribution is -2.41. The zero-order chi connectivity index (χ0) is 19.6. The first-order chi connectivity index (χ1) is 13.4. The topological polar surface area (TPSA) is 98.5 Å². The molecule has 28 heavy (non-hydrogen) atoms. The number of ether oxygens (including phenoxy) is 1. The molecule has 0 amide bonds. The van der Waals surface area contributed by atoms with Gasteiger partial charge in [-0.1, -0.05) is 30.3 Å². The molecule has 1 fully saturated rings. The number of benzene rings is 1. The molecule has 0 aliphatic carbocycles. The molecular weight excluding hydrogens is 378 g/mol. The van der Waals surface area contributed by atoms with E-state index in [-0.39, 0.29) is 11.2 Å². The van der Waals surface area contributed by atoms with E-state index in [9.17, 15) is 8.42 Å². The largest absolute Gasteiger partial charge is 0.381 e. The van der Waals surface area contributed by atoms with E-state index in [4.69, 9.17) is 4.74 Å². The first kappa shape index (κ1) is 18.8. The molecule has 3 aromatic rings. The van der Waals surface area contributed by atoms with Crippen LogP contribution >= 0.6 is 0 Å². The molecular formula is C19H23N5O3S. The van der Waals surface area contributed by atoms with Gasteiger partial charge in [-0.2, -0.15) is 4.52 Å². The number of fused-ring (bicyclic) bond motifs is 1. The summed E-state index contributed by atoms with van der Waals surface area (Å²) in [5, 5.41) is 16.4. The second kappa shape index (κ2) is 7.48. The van der Waals surface area contributed by atoms with Crippen LogP contribution in [0, 0.1) is 5.41 Å². The number of anilines is 1. The van der Waals surface area contributed by atoms with E-state index in [0.717, 1.165) is 5.56 Å². The van der Waals surface area contributed by atoms with Crippen molar-refractivity contribution in [3.8, 4) is 11.4 Å².